The van der Waals surface area contributed by atoms with Crippen LogP contribution in [-0.4, -0.2) is 24.3 Å². The molecule has 0 aliphatic rings. The molecule has 0 radical (unpaired) electrons. The lowest BCUT2D eigenvalue weighted by atomic mass is 9.93. The molecule has 0 atom stereocenters. The van der Waals surface area contributed by atoms with Crippen LogP contribution in [0, 0.1) is 0 Å². The van der Waals surface area contributed by atoms with Crippen molar-refractivity contribution in [1.82, 2.24) is 24.3 Å². The number of H-pyrrole nitrogens is 1. The number of nitrogens with zero attached hydrogens (tertiary/aromatic N) is 4. The Morgan fingerprint density at radius 1 is 0.821 bits per heavy atom. The molecule has 0 unspecified atom stereocenters. The molecule has 0 spiro atoms. The minimum absolute atomic E-state index is 0.384. The van der Waals surface area contributed by atoms with Crippen LogP contribution < -0.4 is 11.2 Å². The van der Waals surface area contributed by atoms with Crippen LogP contribution in [0.3, 0.4) is 0 Å². The molecule has 1 N–H and O–H groups in total. The van der Waals surface area contributed by atoms with Gasteiger partial charge in [0, 0.05) is 46.2 Å². The molecule has 0 aliphatic heterocycles. The predicted octanol–water partition coefficient (Wildman–Crippen LogP) is 6.10. The first-order valence-corrected chi connectivity index (χ1v) is 12.7. The summed E-state index contributed by atoms with van der Waals surface area (Å²) in [7, 11) is 1.89. The molecule has 0 bridgehead atoms. The summed E-state index contributed by atoms with van der Waals surface area (Å²) < 4.78 is 2.93. The molecule has 0 fully saturated rings. The number of fused-ring (bicyclic) bond motifs is 3. The Labute approximate surface area is 226 Å². The van der Waals surface area contributed by atoms with Gasteiger partial charge in [-0.2, -0.15) is 5.10 Å². The van der Waals surface area contributed by atoms with Gasteiger partial charge in [-0.25, -0.2) is 9.36 Å². The first-order chi connectivity index (χ1) is 19.0. The molecule has 8 heteroatoms. The molecular weight excluding hydrogens is 510 g/mol. The van der Waals surface area contributed by atoms with Gasteiger partial charge in [0.15, 0.2) is 0 Å². The molecule has 3 heterocycles. The average molecular weight is 530 g/mol. The smallest absolute Gasteiger partial charge is 0.306 e. The third-order valence-electron chi connectivity index (χ3n) is 7.02. The molecule has 4 aromatic carbocycles. The van der Waals surface area contributed by atoms with E-state index in [1.54, 1.807) is 23.0 Å². The van der Waals surface area contributed by atoms with Gasteiger partial charge in [-0.3, -0.25) is 14.5 Å². The van der Waals surface area contributed by atoms with Gasteiger partial charge in [0.1, 0.15) is 0 Å². The average Bonchev–Trinajstić information content (AvgIpc) is 3.32. The van der Waals surface area contributed by atoms with Crippen molar-refractivity contribution in [2.24, 2.45) is 7.05 Å². The van der Waals surface area contributed by atoms with Crippen molar-refractivity contribution in [1.29, 1.82) is 0 Å². The Balaban J connectivity index is 1.41. The number of pyridine rings is 1. The maximum Gasteiger partial charge on any atom is 0.333 e. The predicted molar refractivity (Wildman–Crippen MR) is 156 cm³/mol. The highest BCUT2D eigenvalue weighted by atomic mass is 35.5. The van der Waals surface area contributed by atoms with Crippen LogP contribution in [-0.2, 0) is 7.05 Å². The first-order valence-electron chi connectivity index (χ1n) is 12.3. The SMILES string of the molecule is Cn1cc2ccc(-c3cccc(Cl)c3-c3ccc4c(=O)n(-c5cncc6ccccc56)c(=O)[nH]c4c3)cc2n1. The molecule has 188 valence electrons. The van der Waals surface area contributed by atoms with Crippen LogP contribution in [0.15, 0.2) is 107 Å². The third-order valence-corrected chi connectivity index (χ3v) is 7.34. The second-order valence-corrected chi connectivity index (χ2v) is 9.86. The zero-order chi connectivity index (χ0) is 26.7. The second kappa shape index (κ2) is 8.79. The molecule has 0 aliphatic carbocycles. The number of rotatable bonds is 3. The van der Waals surface area contributed by atoms with Gasteiger partial charge < -0.3 is 4.98 Å². The lowest BCUT2D eigenvalue weighted by molar-refractivity contribution is 0.780. The standard InChI is InChI=1S/C31H20ClN5O2/c1-36-17-21-10-9-18(13-26(21)35-36)23-7-4-8-25(32)29(23)19-11-12-24-27(14-19)34-31(39)37(30(24)38)28-16-33-15-20-5-2-3-6-22(20)28/h2-17H,1H3,(H,34,39). The van der Waals surface area contributed by atoms with Crippen LogP contribution in [0.2, 0.25) is 5.02 Å². The Morgan fingerprint density at radius 2 is 1.67 bits per heavy atom. The van der Waals surface area contributed by atoms with Crippen molar-refractivity contribution in [2.45, 2.75) is 0 Å². The lowest BCUT2D eigenvalue weighted by Gasteiger charge is -2.14. The summed E-state index contributed by atoms with van der Waals surface area (Å²) in [5.74, 6) is 0. The van der Waals surface area contributed by atoms with E-state index in [1.807, 2.05) is 80.0 Å². The van der Waals surface area contributed by atoms with E-state index in [2.05, 4.69) is 15.1 Å². The van der Waals surface area contributed by atoms with E-state index in [0.717, 1.165) is 48.5 Å². The minimum atomic E-state index is -0.539. The summed E-state index contributed by atoms with van der Waals surface area (Å²) in [6.45, 7) is 0. The zero-order valence-corrected chi connectivity index (χ0v) is 21.5. The van der Waals surface area contributed by atoms with Crippen LogP contribution in [0.25, 0.3) is 60.5 Å². The topological polar surface area (TPSA) is 85.6 Å². The number of benzene rings is 4. The van der Waals surface area contributed by atoms with Crippen molar-refractivity contribution in [3.63, 3.8) is 0 Å². The molecule has 7 nitrogen and oxygen atoms in total. The van der Waals surface area contributed by atoms with Gasteiger partial charge in [0.2, 0.25) is 0 Å². The van der Waals surface area contributed by atoms with Crippen molar-refractivity contribution < 1.29 is 0 Å². The fourth-order valence-electron chi connectivity index (χ4n) is 5.24. The number of hydrogen-bond donors (Lipinski definition) is 1. The first kappa shape index (κ1) is 23.1. The fraction of sp³-hybridized carbons (Fsp3) is 0.0323. The number of hydrogen-bond acceptors (Lipinski definition) is 4. The molecule has 39 heavy (non-hydrogen) atoms. The largest absolute Gasteiger partial charge is 0.333 e. The summed E-state index contributed by atoms with van der Waals surface area (Å²) in [5, 5.41) is 8.14. The maximum absolute atomic E-state index is 13.6. The van der Waals surface area contributed by atoms with E-state index in [9.17, 15) is 9.59 Å². The molecular formula is C31H20ClN5O2. The number of aromatic amines is 1. The number of aryl methyl sites for hydroxylation is 1. The van der Waals surface area contributed by atoms with E-state index in [4.69, 9.17) is 11.6 Å². The fourth-order valence-corrected chi connectivity index (χ4v) is 5.52. The van der Waals surface area contributed by atoms with Crippen LogP contribution in [0.4, 0.5) is 0 Å². The van der Waals surface area contributed by atoms with E-state index in [-0.39, 0.29) is 0 Å². The van der Waals surface area contributed by atoms with Gasteiger partial charge in [-0.05, 0) is 41.0 Å². The second-order valence-electron chi connectivity index (χ2n) is 9.45. The minimum Gasteiger partial charge on any atom is -0.306 e. The lowest BCUT2D eigenvalue weighted by Crippen LogP contribution is -2.33. The molecule has 0 saturated carbocycles. The van der Waals surface area contributed by atoms with Gasteiger partial charge in [-0.15, -0.1) is 0 Å². The summed E-state index contributed by atoms with van der Waals surface area (Å²) in [6.07, 6.45) is 5.21. The van der Waals surface area contributed by atoms with Crippen LogP contribution in [0.1, 0.15) is 0 Å². The third kappa shape index (κ3) is 3.74. The molecule has 3 aromatic heterocycles. The van der Waals surface area contributed by atoms with E-state index in [1.165, 1.54) is 6.20 Å². The summed E-state index contributed by atoms with van der Waals surface area (Å²) >= 11 is 6.75. The molecule has 7 aromatic rings. The van der Waals surface area contributed by atoms with E-state index >= 15 is 0 Å². The van der Waals surface area contributed by atoms with E-state index in [0.29, 0.717) is 21.6 Å². The van der Waals surface area contributed by atoms with Crippen molar-refractivity contribution in [3.05, 3.63) is 123 Å². The van der Waals surface area contributed by atoms with Crippen molar-refractivity contribution >= 4 is 44.2 Å². The summed E-state index contributed by atoms with van der Waals surface area (Å²) in [5.41, 5.74) is 4.26. The number of nitrogens with one attached hydrogen (secondary N) is 1. The van der Waals surface area contributed by atoms with Gasteiger partial charge in [0.25, 0.3) is 5.56 Å². The summed E-state index contributed by atoms with van der Waals surface area (Å²) in [4.78, 5) is 34.0. The number of halogens is 1. The van der Waals surface area contributed by atoms with Gasteiger partial charge in [0.05, 0.1) is 28.3 Å². The highest BCUT2D eigenvalue weighted by Gasteiger charge is 2.16. The van der Waals surface area contributed by atoms with Crippen LogP contribution in [0.5, 0.6) is 0 Å². The Kier molecular flexibility index (Phi) is 5.21. The zero-order valence-electron chi connectivity index (χ0n) is 20.7. The maximum atomic E-state index is 13.6. The Hall–Kier alpha value is -5.01. The highest BCUT2D eigenvalue weighted by Crippen LogP contribution is 2.39. The monoisotopic (exact) mass is 529 g/mol. The molecule has 0 amide bonds. The quantitative estimate of drug-likeness (QED) is 0.299. The normalized spacial score (nSPS) is 11.5. The van der Waals surface area contributed by atoms with Gasteiger partial charge in [-0.1, -0.05) is 66.2 Å². The van der Waals surface area contributed by atoms with Gasteiger partial charge >= 0.3 is 5.69 Å². The van der Waals surface area contributed by atoms with Crippen molar-refractivity contribution in [2.75, 3.05) is 0 Å². The molecule has 7 rings (SSSR count). The molecule has 0 saturated heterocycles. The Bertz CT molecular complexity index is 2210. The van der Waals surface area contributed by atoms with Crippen molar-refractivity contribution in [3.8, 4) is 27.9 Å². The van der Waals surface area contributed by atoms with E-state index < -0.39 is 11.2 Å². The Morgan fingerprint density at radius 3 is 2.56 bits per heavy atom. The van der Waals surface area contributed by atoms with Crippen LogP contribution >= 0.6 is 11.6 Å². The highest BCUT2D eigenvalue weighted by molar-refractivity contribution is 6.34. The summed E-state index contributed by atoms with van der Waals surface area (Å²) in [6, 6.07) is 24.8. The number of aromatic nitrogens is 5.